The van der Waals surface area contributed by atoms with Crippen LogP contribution in [0.5, 0.6) is 0 Å². The van der Waals surface area contributed by atoms with E-state index >= 15 is 0 Å². The number of hydrogen-bond acceptors (Lipinski definition) is 5. The number of benzene rings is 2. The molecule has 0 saturated heterocycles. The topological polar surface area (TPSA) is 77.0 Å². The highest BCUT2D eigenvalue weighted by atomic mass is 35.5. The summed E-state index contributed by atoms with van der Waals surface area (Å²) in [6.07, 6.45) is 1.35. The number of rotatable bonds is 3. The summed E-state index contributed by atoms with van der Waals surface area (Å²) in [5.41, 5.74) is 7.92. The van der Waals surface area contributed by atoms with Gasteiger partial charge in [0.2, 0.25) is 5.71 Å². The van der Waals surface area contributed by atoms with Crippen molar-refractivity contribution in [1.82, 2.24) is 9.97 Å². The maximum Gasteiger partial charge on any atom is 0.231 e. The Hall–Kier alpha value is -3.12. The molecule has 0 radical (unpaired) electrons. The normalized spacial score (nSPS) is 11.0. The maximum atomic E-state index is 14.0. The molecule has 2 aromatic carbocycles. The fourth-order valence-corrected chi connectivity index (χ4v) is 2.67. The van der Waals surface area contributed by atoms with Gasteiger partial charge in [0.1, 0.15) is 23.7 Å². The lowest BCUT2D eigenvalue weighted by Gasteiger charge is -2.07. The van der Waals surface area contributed by atoms with Gasteiger partial charge in [0.05, 0.1) is 11.1 Å². The molecule has 0 spiro atoms. The van der Waals surface area contributed by atoms with E-state index in [2.05, 4.69) is 15.3 Å². The molecule has 0 saturated carbocycles. The maximum absolute atomic E-state index is 14.0. The van der Waals surface area contributed by atoms with Crippen LogP contribution >= 0.6 is 11.6 Å². The number of anilines is 3. The lowest BCUT2D eigenvalue weighted by molar-refractivity contribution is 0.617. The van der Waals surface area contributed by atoms with Crippen LogP contribution in [0, 0.1) is 5.82 Å². The number of halogens is 2. The number of fused-ring (bicyclic) bond motifs is 1. The van der Waals surface area contributed by atoms with E-state index in [0.29, 0.717) is 33.4 Å². The minimum Gasteiger partial charge on any atom is -0.438 e. The van der Waals surface area contributed by atoms with Crippen molar-refractivity contribution in [2.45, 2.75) is 0 Å². The van der Waals surface area contributed by atoms with E-state index in [0.717, 1.165) is 5.56 Å². The van der Waals surface area contributed by atoms with Gasteiger partial charge in [-0.05, 0) is 36.4 Å². The second-order valence-electron chi connectivity index (χ2n) is 5.43. The van der Waals surface area contributed by atoms with E-state index < -0.39 is 5.82 Å². The molecule has 0 amide bonds. The molecule has 5 nitrogen and oxygen atoms in total. The fraction of sp³-hybridized carbons (Fsp3) is 0. The zero-order valence-corrected chi connectivity index (χ0v) is 13.6. The van der Waals surface area contributed by atoms with Gasteiger partial charge in [0.15, 0.2) is 0 Å². The summed E-state index contributed by atoms with van der Waals surface area (Å²) in [5.74, 6) is 0.561. The average Bonchev–Trinajstić information content (AvgIpc) is 3.03. The van der Waals surface area contributed by atoms with Crippen LogP contribution in [0.2, 0.25) is 5.02 Å². The Morgan fingerprint density at radius 2 is 1.96 bits per heavy atom. The molecule has 0 bridgehead atoms. The van der Waals surface area contributed by atoms with Gasteiger partial charge in [-0.3, -0.25) is 0 Å². The molecule has 124 valence electrons. The third-order valence-electron chi connectivity index (χ3n) is 3.68. The van der Waals surface area contributed by atoms with Crippen molar-refractivity contribution in [2.24, 2.45) is 0 Å². The largest absolute Gasteiger partial charge is 0.438 e. The number of nitrogens with zero attached hydrogens (tertiary/aromatic N) is 2. The quantitative estimate of drug-likeness (QED) is 0.506. The van der Waals surface area contributed by atoms with E-state index in [9.17, 15) is 4.39 Å². The van der Waals surface area contributed by atoms with Crippen LogP contribution in [0.15, 0.2) is 59.3 Å². The molecule has 7 heteroatoms. The Kier molecular flexibility index (Phi) is 3.74. The molecular weight excluding hydrogens is 343 g/mol. The van der Waals surface area contributed by atoms with Crippen molar-refractivity contribution in [3.63, 3.8) is 0 Å². The van der Waals surface area contributed by atoms with Gasteiger partial charge in [-0.2, -0.15) is 0 Å². The molecule has 0 unspecified atom stereocenters. The number of nitrogens with one attached hydrogen (secondary N) is 1. The van der Waals surface area contributed by atoms with Crippen molar-refractivity contribution in [3.8, 4) is 11.3 Å². The Morgan fingerprint density at radius 3 is 2.76 bits per heavy atom. The minimum atomic E-state index is -0.473. The zero-order valence-electron chi connectivity index (χ0n) is 12.8. The van der Waals surface area contributed by atoms with Crippen molar-refractivity contribution in [1.29, 1.82) is 0 Å². The first kappa shape index (κ1) is 15.4. The van der Waals surface area contributed by atoms with Crippen molar-refractivity contribution >= 4 is 39.9 Å². The second kappa shape index (κ2) is 6.07. The number of nitrogens with two attached hydrogens (primary N) is 1. The Morgan fingerprint density at radius 1 is 1.08 bits per heavy atom. The molecule has 4 aromatic rings. The highest BCUT2D eigenvalue weighted by Crippen LogP contribution is 2.32. The SMILES string of the molecule is Nc1cccc(-c2cc3c(Nc4ccc(Cl)cc4F)ncnc3o2)c1. The summed E-state index contributed by atoms with van der Waals surface area (Å²) in [4.78, 5) is 8.31. The van der Waals surface area contributed by atoms with E-state index in [1.54, 1.807) is 30.3 Å². The summed E-state index contributed by atoms with van der Waals surface area (Å²) in [5, 5.41) is 3.91. The molecule has 0 fully saturated rings. The van der Waals surface area contributed by atoms with Crippen LogP contribution < -0.4 is 11.1 Å². The second-order valence-corrected chi connectivity index (χ2v) is 5.86. The van der Waals surface area contributed by atoms with Gasteiger partial charge in [-0.25, -0.2) is 14.4 Å². The number of aromatic nitrogens is 2. The van der Waals surface area contributed by atoms with Crippen LogP contribution in [0.3, 0.4) is 0 Å². The number of nitrogen functional groups attached to an aromatic ring is 1. The molecule has 4 rings (SSSR count). The fourth-order valence-electron chi connectivity index (χ4n) is 2.51. The minimum absolute atomic E-state index is 0.260. The monoisotopic (exact) mass is 354 g/mol. The molecule has 0 aliphatic heterocycles. The summed E-state index contributed by atoms with van der Waals surface area (Å²) < 4.78 is 19.8. The zero-order chi connectivity index (χ0) is 17.4. The summed E-state index contributed by atoms with van der Waals surface area (Å²) in [6.45, 7) is 0. The van der Waals surface area contributed by atoms with E-state index in [1.807, 2.05) is 12.1 Å². The van der Waals surface area contributed by atoms with Crippen molar-refractivity contribution < 1.29 is 8.81 Å². The van der Waals surface area contributed by atoms with Crippen LogP contribution in [0.4, 0.5) is 21.6 Å². The molecule has 2 heterocycles. The van der Waals surface area contributed by atoms with Crippen LogP contribution in [0.1, 0.15) is 0 Å². The van der Waals surface area contributed by atoms with Crippen LogP contribution in [0.25, 0.3) is 22.4 Å². The smallest absolute Gasteiger partial charge is 0.231 e. The molecule has 3 N–H and O–H groups in total. The van der Waals surface area contributed by atoms with Gasteiger partial charge in [-0.15, -0.1) is 0 Å². The third-order valence-corrected chi connectivity index (χ3v) is 3.92. The lowest BCUT2D eigenvalue weighted by atomic mass is 10.1. The predicted octanol–water partition coefficient (Wildman–Crippen LogP) is 5.01. The first-order chi connectivity index (χ1) is 12.1. The van der Waals surface area contributed by atoms with Crippen LogP contribution in [-0.4, -0.2) is 9.97 Å². The molecular formula is C18H12ClFN4O. The van der Waals surface area contributed by atoms with Gasteiger partial charge in [0, 0.05) is 16.3 Å². The molecule has 0 atom stereocenters. The van der Waals surface area contributed by atoms with Gasteiger partial charge >= 0.3 is 0 Å². The first-order valence-corrected chi connectivity index (χ1v) is 7.80. The molecule has 0 aliphatic carbocycles. The number of hydrogen-bond donors (Lipinski definition) is 2. The van der Waals surface area contributed by atoms with Crippen molar-refractivity contribution in [2.75, 3.05) is 11.1 Å². The molecule has 0 aliphatic rings. The van der Waals surface area contributed by atoms with E-state index in [-0.39, 0.29) is 5.69 Å². The van der Waals surface area contributed by atoms with Gasteiger partial charge in [-0.1, -0.05) is 23.7 Å². The van der Waals surface area contributed by atoms with Crippen molar-refractivity contribution in [3.05, 3.63) is 65.7 Å². The van der Waals surface area contributed by atoms with Gasteiger partial charge < -0.3 is 15.5 Å². The van der Waals surface area contributed by atoms with E-state index in [4.69, 9.17) is 21.8 Å². The Bertz CT molecular complexity index is 1080. The van der Waals surface area contributed by atoms with Crippen LogP contribution in [-0.2, 0) is 0 Å². The van der Waals surface area contributed by atoms with E-state index in [1.165, 1.54) is 12.4 Å². The summed E-state index contributed by atoms with van der Waals surface area (Å²) >= 11 is 5.78. The Labute approximate surface area is 147 Å². The third kappa shape index (κ3) is 2.99. The molecule has 2 aromatic heterocycles. The molecule has 25 heavy (non-hydrogen) atoms. The highest BCUT2D eigenvalue weighted by molar-refractivity contribution is 6.30. The highest BCUT2D eigenvalue weighted by Gasteiger charge is 2.13. The Balaban J connectivity index is 1.77. The first-order valence-electron chi connectivity index (χ1n) is 7.43. The van der Waals surface area contributed by atoms with Gasteiger partial charge in [0.25, 0.3) is 0 Å². The average molecular weight is 355 g/mol. The number of furan rings is 1. The summed E-state index contributed by atoms with van der Waals surface area (Å²) in [7, 11) is 0. The standard InChI is InChI=1S/C18H12ClFN4O/c19-11-4-5-15(14(20)7-11)24-17-13-8-16(25-18(13)23-9-22-17)10-2-1-3-12(21)6-10/h1-9H,21H2,(H,22,23,24). The predicted molar refractivity (Wildman–Crippen MR) is 96.3 cm³/mol. The lowest BCUT2D eigenvalue weighted by Crippen LogP contribution is -1.97. The summed E-state index contributed by atoms with van der Waals surface area (Å²) in [6, 6.07) is 13.5.